The van der Waals surface area contributed by atoms with Gasteiger partial charge < -0.3 is 35.3 Å². The molecular formula is C42H34Cl2O8P2. The predicted octanol–water partition coefficient (Wildman–Crippen LogP) is 14.8. The van der Waals surface area contributed by atoms with Gasteiger partial charge in [0, 0.05) is 32.7 Å². The summed E-state index contributed by atoms with van der Waals surface area (Å²) in [5, 5.41) is 4.19. The van der Waals surface area contributed by atoms with E-state index in [9.17, 15) is 0 Å². The van der Waals surface area contributed by atoms with Crippen molar-refractivity contribution >= 4 is 83.6 Å². The molecule has 0 saturated carbocycles. The lowest BCUT2D eigenvalue weighted by Crippen LogP contribution is -1.98. The van der Waals surface area contributed by atoms with Gasteiger partial charge in [-0.3, -0.25) is 0 Å². The van der Waals surface area contributed by atoms with Crippen molar-refractivity contribution in [1.82, 2.24) is 0 Å². The van der Waals surface area contributed by atoms with E-state index >= 15 is 0 Å². The fraction of sp³-hybridized carbons (Fsp3) is 0.143. The van der Waals surface area contributed by atoms with E-state index < -0.39 is 16.5 Å². The van der Waals surface area contributed by atoms with E-state index in [2.05, 4.69) is 0 Å². The molecular weight excluding hydrogens is 765 g/mol. The van der Waals surface area contributed by atoms with Crippen molar-refractivity contribution in [2.24, 2.45) is 0 Å². The van der Waals surface area contributed by atoms with Crippen molar-refractivity contribution in [3.8, 4) is 34.1 Å². The van der Waals surface area contributed by atoms with E-state index in [0.29, 0.717) is 66.5 Å². The molecule has 8 nitrogen and oxygen atoms in total. The Morgan fingerprint density at radius 1 is 0.444 bits per heavy atom. The second kappa shape index (κ2) is 14.6. The fourth-order valence-corrected chi connectivity index (χ4v) is 9.29. The van der Waals surface area contributed by atoms with Gasteiger partial charge in [0.05, 0.1) is 24.3 Å². The van der Waals surface area contributed by atoms with Crippen LogP contribution in [-0.2, 0) is 0 Å². The highest BCUT2D eigenvalue weighted by molar-refractivity contribution is 7.32. The molecule has 0 unspecified atom stereocenters. The molecule has 8 rings (SSSR count). The van der Waals surface area contributed by atoms with Crippen LogP contribution in [0.2, 0.25) is 10.0 Å². The maximum Gasteiger partial charge on any atom is 0.453 e. The molecule has 0 amide bonds. The lowest BCUT2D eigenvalue weighted by atomic mass is 9.95. The van der Waals surface area contributed by atoms with Gasteiger partial charge in [-0.25, -0.2) is 0 Å². The Labute approximate surface area is 323 Å². The van der Waals surface area contributed by atoms with Crippen LogP contribution in [0.25, 0.3) is 55.0 Å². The predicted molar refractivity (Wildman–Crippen MR) is 219 cm³/mol. The SMILES string of the molecule is COc1ccc2op(Oc3c(C)cc(C)c(Cl)c3-c3c(Cl)c(C)cc(C)c3Op3oc4ccccc4c4ccccc4o3)oc3ccc(OC)cc3c2c1. The summed E-state index contributed by atoms with van der Waals surface area (Å²) in [6.45, 7) is 7.77. The van der Waals surface area contributed by atoms with Crippen LogP contribution in [0.3, 0.4) is 0 Å². The minimum absolute atomic E-state index is 0.423. The molecule has 0 bridgehead atoms. The maximum absolute atomic E-state index is 7.28. The lowest BCUT2D eigenvalue weighted by molar-refractivity contribution is 0.415. The number of ether oxygens (including phenoxy) is 2. The monoisotopic (exact) mass is 798 g/mol. The lowest BCUT2D eigenvalue weighted by Gasteiger charge is -2.21. The number of hydrogen-bond donors (Lipinski definition) is 0. The molecule has 0 saturated heterocycles. The van der Waals surface area contributed by atoms with E-state index in [1.54, 1.807) is 14.2 Å². The normalized spacial score (nSPS) is 11.3. The zero-order valence-electron chi connectivity index (χ0n) is 30.2. The van der Waals surface area contributed by atoms with E-state index in [-0.39, 0.29) is 0 Å². The first-order valence-electron chi connectivity index (χ1n) is 17.0. The van der Waals surface area contributed by atoms with Crippen molar-refractivity contribution in [1.29, 1.82) is 0 Å². The third-order valence-corrected chi connectivity index (χ3v) is 12.2. The van der Waals surface area contributed by atoms with Crippen LogP contribution in [0.4, 0.5) is 0 Å². The van der Waals surface area contributed by atoms with Crippen molar-refractivity contribution in [3.05, 3.63) is 129 Å². The van der Waals surface area contributed by atoms with Crippen LogP contribution in [0.1, 0.15) is 22.3 Å². The Bertz CT molecular complexity index is 2720. The molecule has 274 valence electrons. The fourth-order valence-electron chi connectivity index (χ4n) is 6.55. The second-order valence-corrected chi connectivity index (χ2v) is 15.5. The van der Waals surface area contributed by atoms with E-state index in [4.69, 9.17) is 58.5 Å². The second-order valence-electron chi connectivity index (χ2n) is 12.8. The summed E-state index contributed by atoms with van der Waals surface area (Å²) in [6, 6.07) is 30.6. The van der Waals surface area contributed by atoms with E-state index in [0.717, 1.165) is 43.8 Å². The number of methoxy groups -OCH3 is 2. The number of benzene rings is 6. The van der Waals surface area contributed by atoms with Crippen LogP contribution in [0, 0.1) is 27.7 Å². The van der Waals surface area contributed by atoms with E-state index in [1.165, 1.54) is 0 Å². The third kappa shape index (κ3) is 6.54. The Kier molecular flexibility index (Phi) is 9.72. The molecule has 0 aliphatic heterocycles. The number of para-hydroxylation sites is 2. The Morgan fingerprint density at radius 3 is 1.20 bits per heavy atom. The number of fused-ring (bicyclic) bond motifs is 6. The first-order valence-corrected chi connectivity index (χ1v) is 19.9. The van der Waals surface area contributed by atoms with Gasteiger partial charge in [0.25, 0.3) is 0 Å². The summed E-state index contributed by atoms with van der Waals surface area (Å²) in [5.41, 5.74) is 6.65. The molecule has 0 aliphatic carbocycles. The van der Waals surface area contributed by atoms with Crippen molar-refractivity contribution in [3.63, 3.8) is 0 Å². The zero-order valence-corrected chi connectivity index (χ0v) is 33.5. The summed E-state index contributed by atoms with van der Waals surface area (Å²) in [5.74, 6) is 2.19. The number of aryl methyl sites for hydroxylation is 4. The van der Waals surface area contributed by atoms with Crippen LogP contribution in [0.5, 0.6) is 23.0 Å². The topological polar surface area (TPSA) is 89.5 Å². The Morgan fingerprint density at radius 2 is 0.815 bits per heavy atom. The van der Waals surface area contributed by atoms with Crippen LogP contribution < -0.4 is 18.5 Å². The molecule has 0 radical (unpaired) electrons. The average Bonchev–Trinajstić information content (AvgIpc) is 3.43. The van der Waals surface area contributed by atoms with Crippen molar-refractivity contribution in [2.75, 3.05) is 14.2 Å². The largest absolute Gasteiger partial charge is 0.497 e. The summed E-state index contributed by atoms with van der Waals surface area (Å²) in [4.78, 5) is 0. The Hall–Kier alpha value is -5.10. The Balaban J connectivity index is 1.36. The number of halogens is 2. The van der Waals surface area contributed by atoms with Gasteiger partial charge in [-0.05, 0) is 98.5 Å². The van der Waals surface area contributed by atoms with Gasteiger partial charge in [0.1, 0.15) is 45.3 Å². The highest BCUT2D eigenvalue weighted by Crippen LogP contribution is 2.54. The number of rotatable bonds is 7. The van der Waals surface area contributed by atoms with Gasteiger partial charge in [-0.1, -0.05) is 71.7 Å². The molecule has 0 fully saturated rings. The minimum Gasteiger partial charge on any atom is -0.497 e. The summed E-state index contributed by atoms with van der Waals surface area (Å²) in [7, 11) is -0.889. The van der Waals surface area contributed by atoms with Crippen LogP contribution in [0.15, 0.2) is 114 Å². The zero-order chi connectivity index (χ0) is 37.7. The highest BCUT2D eigenvalue weighted by Gasteiger charge is 2.28. The maximum atomic E-state index is 7.28. The molecule has 54 heavy (non-hydrogen) atoms. The highest BCUT2D eigenvalue weighted by atomic mass is 35.5. The van der Waals surface area contributed by atoms with Gasteiger partial charge in [0.2, 0.25) is 0 Å². The smallest absolute Gasteiger partial charge is 0.453 e. The van der Waals surface area contributed by atoms with Gasteiger partial charge in [0.15, 0.2) is 0 Å². The molecule has 0 spiro atoms. The molecule has 12 heteroatoms. The number of hydrogen-bond acceptors (Lipinski definition) is 8. The molecule has 2 aromatic heterocycles. The molecule has 2 heterocycles. The van der Waals surface area contributed by atoms with Gasteiger partial charge >= 0.3 is 16.5 Å². The molecule has 6 aromatic carbocycles. The minimum atomic E-state index is -2.10. The molecule has 0 aliphatic rings. The van der Waals surface area contributed by atoms with E-state index in [1.807, 2.05) is 125 Å². The summed E-state index contributed by atoms with van der Waals surface area (Å²) >= 11 is 14.6. The van der Waals surface area contributed by atoms with Gasteiger partial charge in [-0.15, -0.1) is 0 Å². The van der Waals surface area contributed by atoms with Crippen LogP contribution in [-0.4, -0.2) is 14.2 Å². The molecule has 0 atom stereocenters. The molecule has 8 aromatic rings. The average molecular weight is 800 g/mol. The van der Waals surface area contributed by atoms with Crippen molar-refractivity contribution < 1.29 is 35.3 Å². The van der Waals surface area contributed by atoms with Crippen molar-refractivity contribution in [2.45, 2.75) is 27.7 Å². The van der Waals surface area contributed by atoms with Gasteiger partial charge in [-0.2, -0.15) is 0 Å². The first-order chi connectivity index (χ1) is 26.1. The summed E-state index contributed by atoms with van der Waals surface area (Å²) in [6.07, 6.45) is 0. The quantitative estimate of drug-likeness (QED) is 0.157. The first kappa shape index (κ1) is 35.9. The standard InChI is InChI=1S/C42H34Cl2O8P2/c1-23-19-25(3)41(51-53-47-33-13-9-7-11-29(33)30-12-8-10-14-34(30)48-53)37(39(23)43)38-40(44)24(2)20-26(4)42(38)52-54-49-35-17-15-27(45-5)21-31(35)32-22-28(46-6)16-18-36(32)50-54/h7-22H,1-6H3. The third-order valence-electron chi connectivity index (χ3n) is 9.17. The molecule has 0 N–H and O–H groups in total. The summed E-state index contributed by atoms with van der Waals surface area (Å²) < 4.78 is 50.7. The van der Waals surface area contributed by atoms with Crippen LogP contribution >= 0.6 is 39.7 Å².